The third-order valence-electron chi connectivity index (χ3n) is 7.84. The van der Waals surface area contributed by atoms with Crippen molar-refractivity contribution in [3.8, 4) is 0 Å². The molecule has 1 saturated carbocycles. The first kappa shape index (κ1) is 27.0. The van der Waals surface area contributed by atoms with Crippen LogP contribution < -0.4 is 15.5 Å². The number of anilines is 2. The van der Waals surface area contributed by atoms with Gasteiger partial charge in [-0.2, -0.15) is 0 Å². The summed E-state index contributed by atoms with van der Waals surface area (Å²) in [6, 6.07) is 5.91. The van der Waals surface area contributed by atoms with E-state index in [0.717, 1.165) is 38.5 Å². The smallest absolute Gasteiger partial charge is 0.245 e. The third kappa shape index (κ3) is 5.92. The molecule has 200 valence electrons. The molecule has 0 unspecified atom stereocenters. The van der Waals surface area contributed by atoms with Gasteiger partial charge in [0.1, 0.15) is 11.9 Å². The first-order valence-corrected chi connectivity index (χ1v) is 13.2. The Kier molecular flexibility index (Phi) is 8.74. The van der Waals surface area contributed by atoms with Crippen molar-refractivity contribution in [2.75, 3.05) is 25.5 Å². The molecule has 4 rings (SSSR count). The van der Waals surface area contributed by atoms with Gasteiger partial charge in [-0.1, -0.05) is 19.3 Å². The molecule has 7 nitrogen and oxygen atoms in total. The summed E-state index contributed by atoms with van der Waals surface area (Å²) in [4.78, 5) is 34.3. The molecule has 1 aromatic heterocycles. The van der Waals surface area contributed by atoms with Gasteiger partial charge in [0, 0.05) is 31.0 Å². The molecule has 3 atom stereocenters. The van der Waals surface area contributed by atoms with Crippen molar-refractivity contribution in [1.82, 2.24) is 20.5 Å². The van der Waals surface area contributed by atoms with Gasteiger partial charge in [0.25, 0.3) is 0 Å². The minimum absolute atomic E-state index is 0.0676. The van der Waals surface area contributed by atoms with E-state index in [4.69, 9.17) is 0 Å². The lowest BCUT2D eigenvalue weighted by atomic mass is 9.83. The molecular weight excluding hydrogens is 476 g/mol. The minimum atomic E-state index is -0.629. The Labute approximate surface area is 217 Å². The summed E-state index contributed by atoms with van der Waals surface area (Å²) in [6.45, 7) is 2.27. The Morgan fingerprint density at radius 3 is 2.43 bits per heavy atom. The maximum absolute atomic E-state index is 15.9. The Balaban J connectivity index is 1.61. The Morgan fingerprint density at radius 2 is 1.76 bits per heavy atom. The summed E-state index contributed by atoms with van der Waals surface area (Å²) >= 11 is 0. The van der Waals surface area contributed by atoms with Crippen molar-refractivity contribution < 1.29 is 18.4 Å². The molecule has 37 heavy (non-hydrogen) atoms. The van der Waals surface area contributed by atoms with Gasteiger partial charge in [0.2, 0.25) is 11.8 Å². The van der Waals surface area contributed by atoms with Crippen LogP contribution in [0.4, 0.5) is 20.3 Å². The fourth-order valence-corrected chi connectivity index (χ4v) is 5.52. The van der Waals surface area contributed by atoms with Crippen LogP contribution in [0.25, 0.3) is 0 Å². The number of pyridine rings is 1. The highest BCUT2D eigenvalue weighted by molar-refractivity contribution is 5.90. The Hall–Kier alpha value is -3.07. The molecule has 2 fully saturated rings. The van der Waals surface area contributed by atoms with Gasteiger partial charge in [0.15, 0.2) is 11.6 Å². The van der Waals surface area contributed by atoms with Crippen LogP contribution in [0.2, 0.25) is 0 Å². The van der Waals surface area contributed by atoms with Crippen molar-refractivity contribution in [3.63, 3.8) is 0 Å². The molecule has 1 aliphatic heterocycles. The number of amides is 2. The molecular formula is C28H37F2N5O2. The van der Waals surface area contributed by atoms with Crippen LogP contribution in [0.1, 0.15) is 63.5 Å². The maximum atomic E-state index is 15.9. The van der Waals surface area contributed by atoms with E-state index < -0.39 is 23.9 Å². The standard InChI is InChI=1S/C28H37F2N5O2/c1-18(31-2)27(36)33-25(19-8-5-4-6-9-19)28(37)35-17-7-10-23(35)22-15-16-32-26(24(22)30)34(3)21-13-11-20(29)12-14-21/h11-16,18-19,23,25,31H,4-10,17H2,1-3H3,(H,33,36)/t18-,23-,25-/m0/s1. The monoisotopic (exact) mass is 513 g/mol. The highest BCUT2D eigenvalue weighted by Gasteiger charge is 2.40. The molecule has 2 N–H and O–H groups in total. The molecule has 2 aromatic rings. The fourth-order valence-electron chi connectivity index (χ4n) is 5.52. The van der Waals surface area contributed by atoms with E-state index in [1.807, 2.05) is 0 Å². The zero-order valence-corrected chi connectivity index (χ0v) is 21.8. The fraction of sp³-hybridized carbons (Fsp3) is 0.536. The van der Waals surface area contributed by atoms with Crippen molar-refractivity contribution in [1.29, 1.82) is 0 Å². The predicted molar refractivity (Wildman–Crippen MR) is 139 cm³/mol. The number of hydrogen-bond acceptors (Lipinski definition) is 5. The molecule has 0 spiro atoms. The number of hydrogen-bond donors (Lipinski definition) is 2. The van der Waals surface area contributed by atoms with E-state index in [1.54, 1.807) is 55.2 Å². The van der Waals surface area contributed by atoms with Gasteiger partial charge in [-0.15, -0.1) is 0 Å². The quantitative estimate of drug-likeness (QED) is 0.545. The van der Waals surface area contributed by atoms with Crippen molar-refractivity contribution in [2.24, 2.45) is 5.92 Å². The molecule has 0 radical (unpaired) electrons. The number of likely N-dealkylation sites (N-methyl/N-ethyl adjacent to an activating group) is 1. The van der Waals surface area contributed by atoms with Crippen molar-refractivity contribution in [3.05, 3.63) is 53.7 Å². The SMILES string of the molecule is CN[C@@H](C)C(=O)N[C@H](C(=O)N1CCC[C@H]1c1ccnc(N(C)c2ccc(F)cc2)c1F)C1CCCCC1. The summed E-state index contributed by atoms with van der Waals surface area (Å²) in [6.07, 6.45) is 7.91. The number of carbonyl (C=O) groups excluding carboxylic acids is 2. The van der Waals surface area contributed by atoms with Gasteiger partial charge >= 0.3 is 0 Å². The van der Waals surface area contributed by atoms with E-state index in [0.29, 0.717) is 24.2 Å². The number of aromatic nitrogens is 1. The molecule has 2 amide bonds. The lowest BCUT2D eigenvalue weighted by molar-refractivity contribution is -0.139. The summed E-state index contributed by atoms with van der Waals surface area (Å²) in [5.74, 6) is -1.04. The minimum Gasteiger partial charge on any atom is -0.343 e. The lowest BCUT2D eigenvalue weighted by Crippen LogP contribution is -2.55. The highest BCUT2D eigenvalue weighted by atomic mass is 19.1. The van der Waals surface area contributed by atoms with Gasteiger partial charge in [0.05, 0.1) is 12.1 Å². The number of nitrogens with zero attached hydrogens (tertiary/aromatic N) is 3. The topological polar surface area (TPSA) is 77.6 Å². The number of carbonyl (C=O) groups is 2. The first-order valence-electron chi connectivity index (χ1n) is 13.2. The van der Waals surface area contributed by atoms with Gasteiger partial charge in [-0.25, -0.2) is 13.8 Å². The Bertz CT molecular complexity index is 1090. The molecule has 2 heterocycles. The zero-order chi connectivity index (χ0) is 26.5. The van der Waals surface area contributed by atoms with E-state index in [-0.39, 0.29) is 29.4 Å². The zero-order valence-electron chi connectivity index (χ0n) is 21.8. The van der Waals surface area contributed by atoms with Crippen LogP contribution in [0, 0.1) is 17.6 Å². The van der Waals surface area contributed by atoms with Crippen LogP contribution in [-0.2, 0) is 9.59 Å². The molecule has 1 saturated heterocycles. The van der Waals surface area contributed by atoms with E-state index in [9.17, 15) is 14.0 Å². The van der Waals surface area contributed by atoms with Gasteiger partial charge in [-0.3, -0.25) is 9.59 Å². The summed E-state index contributed by atoms with van der Waals surface area (Å²) in [5.41, 5.74) is 1.00. The molecule has 1 aliphatic carbocycles. The third-order valence-corrected chi connectivity index (χ3v) is 7.84. The van der Waals surface area contributed by atoms with Crippen molar-refractivity contribution >= 4 is 23.3 Å². The lowest BCUT2D eigenvalue weighted by Gasteiger charge is -2.35. The highest BCUT2D eigenvalue weighted by Crippen LogP contribution is 2.38. The van der Waals surface area contributed by atoms with Crippen molar-refractivity contribution in [2.45, 2.75) is 70.0 Å². The average molecular weight is 514 g/mol. The molecule has 1 aromatic carbocycles. The van der Waals surface area contributed by atoms with Crippen LogP contribution in [0.5, 0.6) is 0 Å². The van der Waals surface area contributed by atoms with Crippen LogP contribution in [0.3, 0.4) is 0 Å². The molecule has 0 bridgehead atoms. The summed E-state index contributed by atoms with van der Waals surface area (Å²) in [5, 5.41) is 5.96. The number of nitrogens with one attached hydrogen (secondary N) is 2. The van der Waals surface area contributed by atoms with E-state index in [1.165, 1.54) is 12.1 Å². The maximum Gasteiger partial charge on any atom is 0.245 e. The molecule has 9 heteroatoms. The van der Waals surface area contributed by atoms with Crippen LogP contribution in [0.15, 0.2) is 36.5 Å². The summed E-state index contributed by atoms with van der Waals surface area (Å²) < 4.78 is 29.3. The van der Waals surface area contributed by atoms with Gasteiger partial charge in [-0.05, 0) is 75.9 Å². The number of halogens is 2. The second-order valence-corrected chi connectivity index (χ2v) is 10.2. The van der Waals surface area contributed by atoms with Crippen LogP contribution >= 0.6 is 0 Å². The van der Waals surface area contributed by atoms with E-state index in [2.05, 4.69) is 15.6 Å². The summed E-state index contributed by atoms with van der Waals surface area (Å²) in [7, 11) is 3.39. The normalized spacial score (nSPS) is 19.9. The average Bonchev–Trinajstić information content (AvgIpc) is 3.41. The number of rotatable bonds is 8. The number of likely N-dealkylation sites (tertiary alicyclic amines) is 1. The van der Waals surface area contributed by atoms with Gasteiger partial charge < -0.3 is 20.4 Å². The van der Waals surface area contributed by atoms with E-state index >= 15 is 4.39 Å². The Morgan fingerprint density at radius 1 is 1.05 bits per heavy atom. The molecule has 2 aliphatic rings. The second kappa shape index (κ2) is 12.0. The van der Waals surface area contributed by atoms with Crippen LogP contribution in [-0.4, -0.2) is 54.4 Å². The predicted octanol–water partition coefficient (Wildman–Crippen LogP) is 4.46. The largest absolute Gasteiger partial charge is 0.343 e. The second-order valence-electron chi connectivity index (χ2n) is 10.2. The number of benzene rings is 1. The first-order chi connectivity index (χ1) is 17.8.